The number of aliphatic carboxylic acids is 2. The smallest absolute Gasteiger partial charge is 0.312 e. The van der Waals surface area contributed by atoms with E-state index in [0.29, 0.717) is 5.56 Å². The van der Waals surface area contributed by atoms with Gasteiger partial charge in [0.1, 0.15) is 16.6 Å². The van der Waals surface area contributed by atoms with E-state index < -0.39 is 28.6 Å². The van der Waals surface area contributed by atoms with Crippen LogP contribution in [-0.2, 0) is 20.8 Å². The molecule has 1 aliphatic heterocycles. The van der Waals surface area contributed by atoms with Crippen molar-refractivity contribution >= 4 is 17.8 Å². The van der Waals surface area contributed by atoms with Gasteiger partial charge in [0.05, 0.1) is 6.42 Å². The second-order valence-electron chi connectivity index (χ2n) is 6.00. The second kappa shape index (κ2) is 4.53. The average molecular weight is 307 g/mol. The maximum absolute atomic E-state index is 12.8. The summed E-state index contributed by atoms with van der Waals surface area (Å²) in [7, 11) is 0. The Bertz CT molecular complexity index is 645. The Balaban J connectivity index is 1.75. The maximum atomic E-state index is 12.8. The van der Waals surface area contributed by atoms with Crippen molar-refractivity contribution in [3.05, 3.63) is 35.6 Å². The van der Waals surface area contributed by atoms with Gasteiger partial charge in [-0.15, -0.1) is 0 Å². The van der Waals surface area contributed by atoms with Crippen LogP contribution in [0.15, 0.2) is 24.3 Å². The minimum absolute atomic E-state index is 0.00826. The molecule has 0 spiro atoms. The van der Waals surface area contributed by atoms with Gasteiger partial charge in [0, 0.05) is 13.1 Å². The molecule has 22 heavy (non-hydrogen) atoms. The topological polar surface area (TPSA) is 94.9 Å². The monoisotopic (exact) mass is 307 g/mol. The highest BCUT2D eigenvalue weighted by Crippen LogP contribution is 2.68. The van der Waals surface area contributed by atoms with Gasteiger partial charge in [-0.3, -0.25) is 14.4 Å². The van der Waals surface area contributed by atoms with Crippen LogP contribution in [0, 0.1) is 16.6 Å². The molecule has 1 amide bonds. The van der Waals surface area contributed by atoms with Crippen molar-refractivity contribution < 1.29 is 29.0 Å². The molecule has 0 aromatic heterocycles. The molecule has 116 valence electrons. The van der Waals surface area contributed by atoms with Crippen molar-refractivity contribution in [1.29, 1.82) is 0 Å². The van der Waals surface area contributed by atoms with Crippen LogP contribution in [0.5, 0.6) is 0 Å². The van der Waals surface area contributed by atoms with E-state index >= 15 is 0 Å². The largest absolute Gasteiger partial charge is 0.481 e. The van der Waals surface area contributed by atoms with Crippen molar-refractivity contribution in [3.63, 3.8) is 0 Å². The first-order valence-corrected chi connectivity index (χ1v) is 6.80. The number of carbonyl (C=O) groups is 3. The molecule has 3 rings (SSSR count). The van der Waals surface area contributed by atoms with Gasteiger partial charge in [0.2, 0.25) is 5.91 Å². The molecule has 2 atom stereocenters. The summed E-state index contributed by atoms with van der Waals surface area (Å²) in [5.74, 6) is -3.10. The number of nitrogens with zero attached hydrogens (tertiary/aromatic N) is 1. The minimum Gasteiger partial charge on any atom is -0.481 e. The zero-order chi connectivity index (χ0) is 16.1. The Kier molecular flexibility index (Phi) is 2.98. The third kappa shape index (κ3) is 1.88. The van der Waals surface area contributed by atoms with Crippen molar-refractivity contribution in [2.24, 2.45) is 10.8 Å². The number of carbonyl (C=O) groups excluding carboxylic acids is 1. The molecule has 1 saturated heterocycles. The Morgan fingerprint density at radius 2 is 1.55 bits per heavy atom. The van der Waals surface area contributed by atoms with E-state index in [2.05, 4.69) is 0 Å². The highest BCUT2D eigenvalue weighted by Gasteiger charge is 2.81. The molecule has 1 aliphatic carbocycles. The molecule has 2 fully saturated rings. The zero-order valence-electron chi connectivity index (χ0n) is 11.6. The van der Waals surface area contributed by atoms with E-state index in [9.17, 15) is 29.0 Å². The third-order valence-corrected chi connectivity index (χ3v) is 4.76. The third-order valence-electron chi connectivity index (χ3n) is 4.76. The molecular weight excluding hydrogens is 293 g/mol. The lowest BCUT2D eigenvalue weighted by Crippen LogP contribution is -2.35. The lowest BCUT2D eigenvalue weighted by atomic mass is 9.97. The summed E-state index contributed by atoms with van der Waals surface area (Å²) in [5.41, 5.74) is -2.13. The predicted molar refractivity (Wildman–Crippen MR) is 71.4 cm³/mol. The first-order valence-electron chi connectivity index (χ1n) is 6.80. The Labute approximate surface area is 125 Å². The van der Waals surface area contributed by atoms with Crippen LogP contribution in [0.25, 0.3) is 0 Å². The second-order valence-corrected chi connectivity index (χ2v) is 6.00. The summed E-state index contributed by atoms with van der Waals surface area (Å²) < 4.78 is 12.8. The number of rotatable bonds is 4. The van der Waals surface area contributed by atoms with Crippen LogP contribution in [0.3, 0.4) is 0 Å². The normalized spacial score (nSPS) is 29.0. The predicted octanol–water partition coefficient (Wildman–Crippen LogP) is 0.756. The number of carboxylic acid groups (broad SMARTS) is 2. The molecule has 1 aromatic rings. The van der Waals surface area contributed by atoms with E-state index in [-0.39, 0.29) is 31.8 Å². The molecular formula is C15H14FNO5. The highest BCUT2D eigenvalue weighted by atomic mass is 19.1. The highest BCUT2D eigenvalue weighted by molar-refractivity contribution is 5.96. The first kappa shape index (κ1) is 14.5. The number of benzene rings is 1. The Hall–Kier alpha value is -2.44. The molecule has 1 aromatic carbocycles. The van der Waals surface area contributed by atoms with Gasteiger partial charge in [-0.25, -0.2) is 4.39 Å². The molecule has 1 heterocycles. The standard InChI is InChI=1S/C15H14FNO5/c16-10-3-1-9(2-4-10)5-11(18)17-7-14(12(19)20)6-15(14,8-17)13(21)22/h1-4H,5-8H2,(H,19,20)(H,21,22)/t14-,15+. The number of hydrogen-bond acceptors (Lipinski definition) is 3. The van der Waals surface area contributed by atoms with Gasteiger partial charge in [0.15, 0.2) is 0 Å². The molecule has 0 radical (unpaired) electrons. The zero-order valence-corrected chi connectivity index (χ0v) is 11.6. The van der Waals surface area contributed by atoms with E-state index in [1.54, 1.807) is 0 Å². The molecule has 2 aliphatic rings. The summed E-state index contributed by atoms with van der Waals surface area (Å²) in [6, 6.07) is 5.43. The lowest BCUT2D eigenvalue weighted by Gasteiger charge is -2.20. The van der Waals surface area contributed by atoms with Crippen molar-refractivity contribution in [3.8, 4) is 0 Å². The first-order chi connectivity index (χ1) is 10.3. The number of amides is 1. The minimum atomic E-state index is -1.36. The number of hydrogen-bond donors (Lipinski definition) is 2. The van der Waals surface area contributed by atoms with Crippen molar-refractivity contribution in [2.45, 2.75) is 12.8 Å². The number of carboxylic acids is 2. The summed E-state index contributed by atoms with van der Waals surface area (Å²) in [5, 5.41) is 18.6. The molecule has 6 nitrogen and oxygen atoms in total. The SMILES string of the molecule is O=C(Cc1ccc(F)cc1)N1C[C@@]2(C(=O)O)C[C@@]2(C(=O)O)C1. The van der Waals surface area contributed by atoms with Gasteiger partial charge in [-0.05, 0) is 24.1 Å². The summed E-state index contributed by atoms with van der Waals surface area (Å²) >= 11 is 0. The van der Waals surface area contributed by atoms with E-state index in [4.69, 9.17) is 0 Å². The van der Waals surface area contributed by atoms with E-state index in [1.165, 1.54) is 29.2 Å². The number of fused-ring (bicyclic) bond motifs is 1. The van der Waals surface area contributed by atoms with Gasteiger partial charge in [-0.1, -0.05) is 12.1 Å². The Morgan fingerprint density at radius 1 is 1.05 bits per heavy atom. The van der Waals surface area contributed by atoms with Crippen molar-refractivity contribution in [2.75, 3.05) is 13.1 Å². The van der Waals surface area contributed by atoms with Crippen LogP contribution in [0.4, 0.5) is 4.39 Å². The molecule has 1 saturated carbocycles. The van der Waals surface area contributed by atoms with Gasteiger partial charge in [-0.2, -0.15) is 0 Å². The quantitative estimate of drug-likeness (QED) is 0.856. The number of halogens is 1. The molecule has 2 N–H and O–H groups in total. The summed E-state index contributed by atoms with van der Waals surface area (Å²) in [4.78, 5) is 36.3. The van der Waals surface area contributed by atoms with Gasteiger partial charge in [0.25, 0.3) is 0 Å². The lowest BCUT2D eigenvalue weighted by molar-refractivity contribution is -0.151. The Morgan fingerprint density at radius 3 is 2.00 bits per heavy atom. The fourth-order valence-corrected chi connectivity index (χ4v) is 3.35. The molecule has 0 unspecified atom stereocenters. The number of likely N-dealkylation sites (tertiary alicyclic amines) is 1. The average Bonchev–Trinajstić information content (AvgIpc) is 3.00. The van der Waals surface area contributed by atoms with Crippen LogP contribution in [0.2, 0.25) is 0 Å². The maximum Gasteiger partial charge on any atom is 0.312 e. The van der Waals surface area contributed by atoms with E-state index in [1.807, 2.05) is 0 Å². The van der Waals surface area contributed by atoms with Crippen LogP contribution >= 0.6 is 0 Å². The van der Waals surface area contributed by atoms with Crippen LogP contribution in [0.1, 0.15) is 12.0 Å². The molecule has 0 bridgehead atoms. The van der Waals surface area contributed by atoms with Crippen molar-refractivity contribution in [1.82, 2.24) is 4.90 Å². The van der Waals surface area contributed by atoms with Crippen LogP contribution in [-0.4, -0.2) is 46.0 Å². The summed E-state index contributed by atoms with van der Waals surface area (Å²) in [6.45, 7) is -0.177. The fraction of sp³-hybridized carbons (Fsp3) is 0.400. The number of piperidine rings is 1. The van der Waals surface area contributed by atoms with Gasteiger partial charge < -0.3 is 15.1 Å². The summed E-state index contributed by atoms with van der Waals surface area (Å²) in [6.07, 6.45) is 0.0523. The molecule has 7 heteroatoms. The van der Waals surface area contributed by atoms with Gasteiger partial charge >= 0.3 is 11.9 Å². The van der Waals surface area contributed by atoms with Crippen LogP contribution < -0.4 is 0 Å². The fourth-order valence-electron chi connectivity index (χ4n) is 3.35. The van der Waals surface area contributed by atoms with E-state index in [0.717, 1.165) is 0 Å².